The van der Waals surface area contributed by atoms with Crippen LogP contribution in [0.3, 0.4) is 0 Å². The van der Waals surface area contributed by atoms with E-state index in [1.54, 1.807) is 0 Å². The fourth-order valence-electron chi connectivity index (χ4n) is 1.12. The fourth-order valence-corrected chi connectivity index (χ4v) is 1.12. The average Bonchev–Trinajstić information content (AvgIpc) is 2.17. The van der Waals surface area contributed by atoms with Crippen molar-refractivity contribution in [3.8, 4) is 0 Å². The zero-order valence-electron chi connectivity index (χ0n) is 11.2. The van der Waals surface area contributed by atoms with Gasteiger partial charge in [-0.25, -0.2) is 0 Å². The molecule has 0 saturated heterocycles. The van der Waals surface area contributed by atoms with E-state index in [1.165, 1.54) is 0 Å². The Kier molecular flexibility index (Phi) is 5.78. The van der Waals surface area contributed by atoms with Crippen molar-refractivity contribution in [2.75, 3.05) is 33.8 Å². The lowest BCUT2D eigenvalue weighted by Crippen LogP contribution is -2.49. The summed E-state index contributed by atoms with van der Waals surface area (Å²) in [5.74, 6) is 0. The quantitative estimate of drug-likeness (QED) is 0.674. The summed E-state index contributed by atoms with van der Waals surface area (Å²) in [4.78, 5) is 2.21. The third-order valence-corrected chi connectivity index (χ3v) is 3.56. The molecule has 0 aliphatic carbocycles. The Morgan fingerprint density at radius 2 is 1.67 bits per heavy atom. The number of hydrogen-bond acceptors (Lipinski definition) is 3. The molecule has 0 aliphatic rings. The van der Waals surface area contributed by atoms with E-state index in [0.717, 1.165) is 19.5 Å². The molecule has 0 fully saturated rings. The van der Waals surface area contributed by atoms with Crippen LogP contribution < -0.4 is 5.32 Å². The smallest absolute Gasteiger partial charge is 0.0496 e. The minimum Gasteiger partial charge on any atom is -0.396 e. The molecule has 0 aromatic carbocycles. The van der Waals surface area contributed by atoms with E-state index in [1.807, 2.05) is 0 Å². The number of nitrogens with zero attached hydrogens (tertiary/aromatic N) is 1. The van der Waals surface area contributed by atoms with Crippen LogP contribution in [-0.2, 0) is 0 Å². The van der Waals surface area contributed by atoms with Gasteiger partial charge in [0.2, 0.25) is 0 Å². The first-order valence-electron chi connectivity index (χ1n) is 5.76. The summed E-state index contributed by atoms with van der Waals surface area (Å²) in [5, 5.41) is 12.7. The van der Waals surface area contributed by atoms with Crippen molar-refractivity contribution >= 4 is 0 Å². The number of likely N-dealkylation sites (N-methyl/N-ethyl adjacent to an activating group) is 1. The normalized spacial score (nSPS) is 16.8. The molecule has 0 aliphatic heterocycles. The zero-order valence-corrected chi connectivity index (χ0v) is 11.2. The molecular formula is C12H28N2O. The molecule has 3 nitrogen and oxygen atoms in total. The van der Waals surface area contributed by atoms with E-state index in [4.69, 9.17) is 0 Å². The maximum absolute atomic E-state index is 9.27. The first kappa shape index (κ1) is 14.9. The van der Waals surface area contributed by atoms with E-state index < -0.39 is 0 Å². The molecule has 0 rings (SSSR count). The van der Waals surface area contributed by atoms with Crippen molar-refractivity contribution in [3.63, 3.8) is 0 Å². The molecule has 0 radical (unpaired) electrons. The molecule has 0 saturated carbocycles. The van der Waals surface area contributed by atoms with Crippen LogP contribution in [0.1, 0.15) is 34.1 Å². The van der Waals surface area contributed by atoms with Crippen molar-refractivity contribution in [2.45, 2.75) is 39.7 Å². The van der Waals surface area contributed by atoms with Crippen molar-refractivity contribution in [1.82, 2.24) is 10.2 Å². The van der Waals surface area contributed by atoms with Gasteiger partial charge in [0.05, 0.1) is 0 Å². The summed E-state index contributed by atoms with van der Waals surface area (Å²) in [6, 6.07) is 0. The lowest BCUT2D eigenvalue weighted by molar-refractivity contribution is 0.124. The highest BCUT2D eigenvalue weighted by Gasteiger charge is 2.24. The SMILES string of the molecule is CCC(C)(CO)CNCC(C)(C)N(C)C. The summed E-state index contributed by atoms with van der Waals surface area (Å²) in [6.45, 7) is 10.7. The van der Waals surface area contributed by atoms with Crippen LogP contribution in [0.5, 0.6) is 0 Å². The van der Waals surface area contributed by atoms with Crippen molar-refractivity contribution in [3.05, 3.63) is 0 Å². The van der Waals surface area contributed by atoms with Crippen LogP contribution in [0.25, 0.3) is 0 Å². The Hall–Kier alpha value is -0.120. The van der Waals surface area contributed by atoms with Gasteiger partial charge < -0.3 is 15.3 Å². The topological polar surface area (TPSA) is 35.5 Å². The Bertz CT molecular complexity index is 170. The minimum atomic E-state index is 0.0163. The second-order valence-electron chi connectivity index (χ2n) is 5.63. The zero-order chi connectivity index (χ0) is 12.1. The maximum Gasteiger partial charge on any atom is 0.0496 e. The van der Waals surface area contributed by atoms with Gasteiger partial charge in [-0.2, -0.15) is 0 Å². The molecule has 0 heterocycles. The second kappa shape index (κ2) is 5.83. The molecule has 0 aromatic rings. The Labute approximate surface area is 94.9 Å². The van der Waals surface area contributed by atoms with E-state index >= 15 is 0 Å². The number of nitrogens with one attached hydrogen (secondary N) is 1. The van der Waals surface area contributed by atoms with Crippen LogP contribution in [0, 0.1) is 5.41 Å². The van der Waals surface area contributed by atoms with Crippen LogP contribution in [0.2, 0.25) is 0 Å². The van der Waals surface area contributed by atoms with Gasteiger partial charge in [-0.15, -0.1) is 0 Å². The Morgan fingerprint density at radius 3 is 2.00 bits per heavy atom. The summed E-state index contributed by atoms with van der Waals surface area (Å²) in [6.07, 6.45) is 0.999. The highest BCUT2D eigenvalue weighted by atomic mass is 16.3. The Morgan fingerprint density at radius 1 is 1.13 bits per heavy atom. The number of rotatable bonds is 7. The molecule has 0 bridgehead atoms. The largest absolute Gasteiger partial charge is 0.396 e. The monoisotopic (exact) mass is 216 g/mol. The molecule has 1 atom stereocenters. The Balaban J connectivity index is 3.98. The molecule has 1 unspecified atom stereocenters. The van der Waals surface area contributed by atoms with Crippen LogP contribution in [-0.4, -0.2) is 49.3 Å². The summed E-state index contributed by atoms with van der Waals surface area (Å²) < 4.78 is 0. The standard InChI is InChI=1S/C12H28N2O/c1-7-12(4,10-15)9-13-8-11(2,3)14(5)6/h13,15H,7-10H2,1-6H3. The summed E-state index contributed by atoms with van der Waals surface area (Å²) >= 11 is 0. The first-order chi connectivity index (χ1) is 6.77. The maximum atomic E-state index is 9.27. The fraction of sp³-hybridized carbons (Fsp3) is 1.00. The van der Waals surface area contributed by atoms with E-state index in [2.05, 4.69) is 52.0 Å². The summed E-state index contributed by atoms with van der Waals surface area (Å²) in [7, 11) is 4.18. The summed E-state index contributed by atoms with van der Waals surface area (Å²) in [5.41, 5.74) is 0.173. The van der Waals surface area contributed by atoms with Crippen LogP contribution in [0.4, 0.5) is 0 Å². The molecule has 2 N–H and O–H groups in total. The lowest BCUT2D eigenvalue weighted by Gasteiger charge is -2.35. The van der Waals surface area contributed by atoms with Crippen molar-refractivity contribution < 1.29 is 5.11 Å². The molecule has 3 heteroatoms. The highest BCUT2D eigenvalue weighted by Crippen LogP contribution is 2.18. The van der Waals surface area contributed by atoms with Crippen LogP contribution in [0.15, 0.2) is 0 Å². The second-order valence-corrected chi connectivity index (χ2v) is 5.63. The predicted octanol–water partition coefficient (Wildman–Crippen LogP) is 1.32. The minimum absolute atomic E-state index is 0.0163. The third kappa shape index (κ3) is 4.96. The molecule has 0 spiro atoms. The van der Waals surface area contributed by atoms with E-state index in [9.17, 15) is 5.11 Å². The van der Waals surface area contributed by atoms with Gasteiger partial charge in [0.15, 0.2) is 0 Å². The number of hydrogen-bond donors (Lipinski definition) is 2. The first-order valence-corrected chi connectivity index (χ1v) is 5.76. The predicted molar refractivity (Wildman–Crippen MR) is 66.1 cm³/mol. The van der Waals surface area contributed by atoms with E-state index in [-0.39, 0.29) is 17.6 Å². The van der Waals surface area contributed by atoms with Gasteiger partial charge >= 0.3 is 0 Å². The van der Waals surface area contributed by atoms with Crippen molar-refractivity contribution in [1.29, 1.82) is 0 Å². The van der Waals surface area contributed by atoms with Crippen molar-refractivity contribution in [2.24, 2.45) is 5.41 Å². The lowest BCUT2D eigenvalue weighted by atomic mass is 9.88. The number of aliphatic hydroxyl groups excluding tert-OH is 1. The third-order valence-electron chi connectivity index (χ3n) is 3.56. The van der Waals surface area contributed by atoms with Gasteiger partial charge in [-0.3, -0.25) is 0 Å². The molecule has 15 heavy (non-hydrogen) atoms. The van der Waals surface area contributed by atoms with Gasteiger partial charge in [0.25, 0.3) is 0 Å². The highest BCUT2D eigenvalue weighted by molar-refractivity contribution is 4.82. The van der Waals surface area contributed by atoms with E-state index in [0.29, 0.717) is 0 Å². The molecule has 92 valence electrons. The molecular weight excluding hydrogens is 188 g/mol. The van der Waals surface area contributed by atoms with Gasteiger partial charge in [0.1, 0.15) is 0 Å². The number of aliphatic hydroxyl groups is 1. The van der Waals surface area contributed by atoms with Gasteiger partial charge in [-0.05, 0) is 34.4 Å². The molecule has 0 aromatic heterocycles. The molecule has 0 amide bonds. The van der Waals surface area contributed by atoms with Gasteiger partial charge in [-0.1, -0.05) is 13.8 Å². The van der Waals surface area contributed by atoms with Crippen LogP contribution >= 0.6 is 0 Å². The average molecular weight is 216 g/mol. The van der Waals surface area contributed by atoms with Gasteiger partial charge in [0, 0.05) is 30.7 Å².